The maximum Gasteiger partial charge on any atom is 0.224 e. The summed E-state index contributed by atoms with van der Waals surface area (Å²) in [5.41, 5.74) is 0.810. The van der Waals surface area contributed by atoms with Gasteiger partial charge in [-0.25, -0.2) is 0 Å². The van der Waals surface area contributed by atoms with Gasteiger partial charge in [0, 0.05) is 18.5 Å². The van der Waals surface area contributed by atoms with E-state index < -0.39 is 0 Å². The van der Waals surface area contributed by atoms with Crippen LogP contribution in [0.1, 0.15) is 25.7 Å². The van der Waals surface area contributed by atoms with E-state index in [-0.39, 0.29) is 5.91 Å². The first-order chi connectivity index (χ1) is 7.33. The van der Waals surface area contributed by atoms with E-state index in [9.17, 15) is 9.59 Å². The van der Waals surface area contributed by atoms with Gasteiger partial charge in [0.1, 0.15) is 0 Å². The zero-order chi connectivity index (χ0) is 10.9. The average Bonchev–Trinajstić information content (AvgIpc) is 2.26. The van der Waals surface area contributed by atoms with Crippen molar-refractivity contribution in [1.82, 2.24) is 0 Å². The highest BCUT2D eigenvalue weighted by molar-refractivity contribution is 5.90. The van der Waals surface area contributed by atoms with Gasteiger partial charge in [0.15, 0.2) is 6.29 Å². The lowest BCUT2D eigenvalue weighted by molar-refractivity contribution is -0.116. The predicted molar refractivity (Wildman–Crippen MR) is 59.2 cm³/mol. The lowest BCUT2D eigenvalue weighted by Gasteiger charge is -2.03. The third kappa shape index (κ3) is 4.96. The quantitative estimate of drug-likeness (QED) is 0.723. The summed E-state index contributed by atoms with van der Waals surface area (Å²) in [4.78, 5) is 21.3. The Morgan fingerprint density at radius 3 is 2.60 bits per heavy atom. The third-order valence-corrected chi connectivity index (χ3v) is 1.99. The molecule has 0 saturated carbocycles. The Bertz CT molecular complexity index is 309. The normalized spacial score (nSPS) is 9.60. The Hall–Kier alpha value is -1.64. The maximum atomic E-state index is 11.4. The second-order valence-corrected chi connectivity index (χ2v) is 3.27. The first kappa shape index (κ1) is 11.4. The molecule has 3 nitrogen and oxygen atoms in total. The summed E-state index contributed by atoms with van der Waals surface area (Å²) < 4.78 is 0. The molecule has 0 aromatic heterocycles. The first-order valence-electron chi connectivity index (χ1n) is 5.03. The number of unbranched alkanes of at least 4 members (excludes halogenated alkanes) is 2. The highest BCUT2D eigenvalue weighted by Crippen LogP contribution is 2.06. The molecule has 1 amide bonds. The fraction of sp³-hybridized carbons (Fsp3) is 0.333. The molecule has 0 heterocycles. The molecule has 1 aromatic carbocycles. The summed E-state index contributed by atoms with van der Waals surface area (Å²) in [5, 5.41) is 2.78. The van der Waals surface area contributed by atoms with Crippen molar-refractivity contribution in [2.75, 3.05) is 5.32 Å². The van der Waals surface area contributed by atoms with E-state index in [1.165, 1.54) is 0 Å². The minimum Gasteiger partial charge on any atom is -0.326 e. The summed E-state index contributed by atoms with van der Waals surface area (Å²) >= 11 is 0. The number of anilines is 1. The zero-order valence-corrected chi connectivity index (χ0v) is 8.53. The number of amides is 1. The van der Waals surface area contributed by atoms with Crippen molar-refractivity contribution in [1.29, 1.82) is 0 Å². The molecule has 0 aliphatic heterocycles. The Balaban J connectivity index is 2.22. The van der Waals surface area contributed by atoms with Crippen molar-refractivity contribution in [2.24, 2.45) is 0 Å². The zero-order valence-electron chi connectivity index (χ0n) is 8.53. The number of hydrogen-bond donors (Lipinski definition) is 1. The van der Waals surface area contributed by atoms with Gasteiger partial charge in [0.05, 0.1) is 0 Å². The van der Waals surface area contributed by atoms with E-state index in [1.54, 1.807) is 0 Å². The van der Waals surface area contributed by atoms with Crippen LogP contribution in [-0.4, -0.2) is 12.2 Å². The van der Waals surface area contributed by atoms with E-state index in [1.807, 2.05) is 36.6 Å². The lowest BCUT2D eigenvalue weighted by Crippen LogP contribution is -2.10. The smallest absolute Gasteiger partial charge is 0.224 e. The van der Waals surface area contributed by atoms with E-state index in [2.05, 4.69) is 5.32 Å². The largest absolute Gasteiger partial charge is 0.326 e. The van der Waals surface area contributed by atoms with Gasteiger partial charge in [-0.1, -0.05) is 18.2 Å². The van der Waals surface area contributed by atoms with Crippen LogP contribution in [0.5, 0.6) is 0 Å². The molecule has 1 N–H and O–H groups in total. The summed E-state index contributed by atoms with van der Waals surface area (Å²) in [6.07, 6.45) is 4.14. The number of nitrogens with one attached hydrogen (secondary N) is 1. The standard InChI is InChI=1S/C12H14NO2/c14-10-6-2-5-9-12(15)13-11-7-3-1-4-8-11/h1,3-4,7-8H,2,5-6,9H2,(H,13,15). The molecule has 0 spiro atoms. The van der Waals surface area contributed by atoms with Crippen molar-refractivity contribution in [2.45, 2.75) is 25.7 Å². The van der Waals surface area contributed by atoms with Crippen molar-refractivity contribution >= 4 is 17.9 Å². The highest BCUT2D eigenvalue weighted by atomic mass is 16.1. The van der Waals surface area contributed by atoms with E-state index in [0.29, 0.717) is 12.8 Å². The molecule has 0 saturated heterocycles. The highest BCUT2D eigenvalue weighted by Gasteiger charge is 2.00. The number of para-hydroxylation sites is 1. The van der Waals surface area contributed by atoms with Crippen LogP contribution in [0.2, 0.25) is 0 Å². The van der Waals surface area contributed by atoms with E-state index >= 15 is 0 Å². The summed E-state index contributed by atoms with van der Waals surface area (Å²) in [6.45, 7) is 0. The first-order valence-corrected chi connectivity index (χ1v) is 5.03. The number of carbonyl (C=O) groups is 1. The van der Waals surface area contributed by atoms with Crippen LogP contribution in [-0.2, 0) is 9.59 Å². The van der Waals surface area contributed by atoms with Crippen molar-refractivity contribution in [3.05, 3.63) is 30.3 Å². The van der Waals surface area contributed by atoms with E-state index in [4.69, 9.17) is 0 Å². The summed E-state index contributed by atoms with van der Waals surface area (Å²) in [5.74, 6) is -0.00732. The minimum atomic E-state index is -0.00732. The summed E-state index contributed by atoms with van der Waals surface area (Å²) in [6, 6.07) is 9.33. The Kier molecular flexibility index (Phi) is 5.15. The van der Waals surface area contributed by atoms with Crippen LogP contribution in [0.25, 0.3) is 0 Å². The van der Waals surface area contributed by atoms with E-state index in [0.717, 1.165) is 18.5 Å². The molecule has 1 rings (SSSR count). The second-order valence-electron chi connectivity index (χ2n) is 3.27. The summed E-state index contributed by atoms with van der Waals surface area (Å²) in [7, 11) is 0. The second kappa shape index (κ2) is 6.76. The van der Waals surface area contributed by atoms with Gasteiger partial charge < -0.3 is 5.32 Å². The molecule has 79 valence electrons. The van der Waals surface area contributed by atoms with Gasteiger partial charge in [0.2, 0.25) is 5.91 Å². The van der Waals surface area contributed by atoms with Gasteiger partial charge in [0.25, 0.3) is 0 Å². The Morgan fingerprint density at radius 2 is 1.93 bits per heavy atom. The van der Waals surface area contributed by atoms with Crippen LogP contribution in [0.4, 0.5) is 5.69 Å². The molecule has 15 heavy (non-hydrogen) atoms. The maximum absolute atomic E-state index is 11.4. The number of benzene rings is 1. The van der Waals surface area contributed by atoms with Gasteiger partial charge in [-0.3, -0.25) is 9.59 Å². The lowest BCUT2D eigenvalue weighted by atomic mass is 10.2. The van der Waals surface area contributed by atoms with Gasteiger partial charge in [-0.2, -0.15) is 0 Å². The van der Waals surface area contributed by atoms with Crippen LogP contribution < -0.4 is 5.32 Å². The molecule has 1 aromatic rings. The molecular formula is C12H14NO2. The topological polar surface area (TPSA) is 46.2 Å². The average molecular weight is 204 g/mol. The predicted octanol–water partition coefficient (Wildman–Crippen LogP) is 2.30. The SMILES string of the molecule is O=[C]CCCCC(=O)Nc1ccccc1. The molecule has 0 bridgehead atoms. The molecule has 0 atom stereocenters. The van der Waals surface area contributed by atoms with Crippen LogP contribution in [0.3, 0.4) is 0 Å². The van der Waals surface area contributed by atoms with Crippen LogP contribution >= 0.6 is 0 Å². The van der Waals surface area contributed by atoms with Crippen molar-refractivity contribution in [3.63, 3.8) is 0 Å². The molecule has 0 aliphatic carbocycles. The molecule has 0 aliphatic rings. The van der Waals surface area contributed by atoms with Gasteiger partial charge in [-0.05, 0) is 25.0 Å². The molecule has 0 fully saturated rings. The molecule has 1 radical (unpaired) electrons. The van der Waals surface area contributed by atoms with Crippen molar-refractivity contribution < 1.29 is 9.59 Å². The van der Waals surface area contributed by atoms with Crippen LogP contribution in [0.15, 0.2) is 30.3 Å². The molecule has 3 heteroatoms. The Morgan fingerprint density at radius 1 is 1.20 bits per heavy atom. The molecular weight excluding hydrogens is 190 g/mol. The number of hydrogen-bond acceptors (Lipinski definition) is 2. The number of rotatable bonds is 6. The number of carbonyl (C=O) groups excluding carboxylic acids is 2. The third-order valence-electron chi connectivity index (χ3n) is 1.99. The van der Waals surface area contributed by atoms with Crippen molar-refractivity contribution in [3.8, 4) is 0 Å². The van der Waals surface area contributed by atoms with Gasteiger partial charge >= 0.3 is 0 Å². The minimum absolute atomic E-state index is 0.00732. The monoisotopic (exact) mass is 204 g/mol. The Labute approximate surface area is 89.5 Å². The fourth-order valence-corrected chi connectivity index (χ4v) is 1.23. The van der Waals surface area contributed by atoms with Gasteiger partial charge in [-0.15, -0.1) is 0 Å². The molecule has 0 unspecified atom stereocenters. The van der Waals surface area contributed by atoms with Crippen LogP contribution in [0, 0.1) is 0 Å². The fourth-order valence-electron chi connectivity index (χ4n) is 1.23.